The van der Waals surface area contributed by atoms with Crippen molar-refractivity contribution >= 4 is 40.8 Å². The molecule has 2 rings (SSSR count). The van der Waals surface area contributed by atoms with Crippen LogP contribution in [0.2, 0.25) is 0 Å². The molecule has 0 aliphatic rings. The van der Waals surface area contributed by atoms with Gasteiger partial charge in [0.2, 0.25) is 10.7 Å². The van der Waals surface area contributed by atoms with E-state index in [-0.39, 0.29) is 11.4 Å². The normalized spacial score (nSPS) is 12.1. The third-order valence-electron chi connectivity index (χ3n) is 3.59. The molecule has 0 saturated carbocycles. The Bertz CT molecular complexity index is 888. The number of ether oxygens (including phenoxy) is 2. The molecule has 29 heavy (non-hydrogen) atoms. The summed E-state index contributed by atoms with van der Waals surface area (Å²) in [5, 5.41) is 0. The third-order valence-corrected chi connectivity index (χ3v) is 4.09. The molecule has 2 aromatic carbocycles. The van der Waals surface area contributed by atoms with Gasteiger partial charge in [-0.25, -0.2) is 13.6 Å². The maximum Gasteiger partial charge on any atom is 0.428 e. The topological polar surface area (TPSA) is 51.1 Å². The van der Waals surface area contributed by atoms with Gasteiger partial charge in [-0.1, -0.05) is 29.3 Å². The minimum absolute atomic E-state index is 0.229. The van der Waals surface area contributed by atoms with Crippen molar-refractivity contribution in [3.05, 3.63) is 59.7 Å². The highest BCUT2D eigenvalue weighted by molar-refractivity contribution is 6.44. The lowest BCUT2D eigenvalue weighted by molar-refractivity contribution is -0.163. The molecule has 0 bridgehead atoms. The molecule has 0 aliphatic heterocycles. The number of hydrogen-bond donors (Lipinski definition) is 0. The Morgan fingerprint density at radius 2 is 1.66 bits per heavy atom. The molecule has 2 aromatic rings. The first-order chi connectivity index (χ1) is 13.6. The number of urea groups is 1. The van der Waals surface area contributed by atoms with Crippen LogP contribution in [0.25, 0.3) is 0 Å². The lowest BCUT2D eigenvalue weighted by atomic mass is 10.2. The van der Waals surface area contributed by atoms with Crippen molar-refractivity contribution in [2.75, 3.05) is 19.1 Å². The Hall–Kier alpha value is -2.52. The van der Waals surface area contributed by atoms with Crippen LogP contribution in [0.3, 0.4) is 0 Å². The van der Waals surface area contributed by atoms with Crippen LogP contribution in [0.5, 0.6) is 5.75 Å². The Balaban J connectivity index is 2.22. The monoisotopic (exact) mass is 452 g/mol. The van der Waals surface area contributed by atoms with E-state index in [0.717, 1.165) is 42.3 Å². The summed E-state index contributed by atoms with van der Waals surface area (Å²) >= 11 is 10.3. The van der Waals surface area contributed by atoms with E-state index in [1.807, 2.05) is 0 Å². The molecule has 2 amide bonds. The van der Waals surface area contributed by atoms with E-state index in [0.29, 0.717) is 0 Å². The highest BCUT2D eigenvalue weighted by atomic mass is 35.5. The zero-order chi connectivity index (χ0) is 21.8. The van der Waals surface area contributed by atoms with E-state index in [1.54, 1.807) is 0 Å². The van der Waals surface area contributed by atoms with E-state index in [1.165, 1.54) is 19.2 Å². The molecular weight excluding hydrogens is 439 g/mol. The minimum Gasteiger partial charge on any atom is -0.480 e. The summed E-state index contributed by atoms with van der Waals surface area (Å²) in [6.07, 6.45) is -3.81. The van der Waals surface area contributed by atoms with Gasteiger partial charge in [-0.2, -0.15) is 13.8 Å². The fraction of sp³-hybridized carbons (Fsp3) is 0.222. The molecule has 0 unspecified atom stereocenters. The second kappa shape index (κ2) is 9.32. The molecule has 0 aliphatic carbocycles. The molecule has 11 heteroatoms. The van der Waals surface area contributed by atoms with Crippen molar-refractivity contribution < 1.29 is 31.8 Å². The Morgan fingerprint density at radius 1 is 1.10 bits per heavy atom. The van der Waals surface area contributed by atoms with E-state index >= 15 is 0 Å². The lowest BCUT2D eigenvalue weighted by Gasteiger charge is -2.20. The van der Waals surface area contributed by atoms with Crippen LogP contribution in [0.15, 0.2) is 47.5 Å². The minimum atomic E-state index is -3.81. The SMILES string of the molecule is CO/C(=N\C(=O)N(C)c1ccc(OC(F)(F)C(Cl)Cl)cc1)c1c(F)cccc1F. The molecule has 0 aromatic heterocycles. The number of anilines is 1. The smallest absolute Gasteiger partial charge is 0.428 e. The van der Waals surface area contributed by atoms with Gasteiger partial charge in [0.1, 0.15) is 22.9 Å². The number of benzene rings is 2. The predicted octanol–water partition coefficient (Wildman–Crippen LogP) is 5.39. The highest BCUT2D eigenvalue weighted by Crippen LogP contribution is 2.31. The van der Waals surface area contributed by atoms with E-state index in [9.17, 15) is 22.4 Å². The molecule has 0 N–H and O–H groups in total. The number of rotatable bonds is 5. The first-order valence-corrected chi connectivity index (χ1v) is 8.74. The quantitative estimate of drug-likeness (QED) is 0.264. The van der Waals surface area contributed by atoms with Gasteiger partial charge in [0.15, 0.2) is 0 Å². The summed E-state index contributed by atoms with van der Waals surface area (Å²) in [7, 11) is 2.42. The molecule has 0 heterocycles. The number of methoxy groups -OCH3 is 1. The van der Waals surface area contributed by atoms with Gasteiger partial charge in [0.25, 0.3) is 0 Å². The Morgan fingerprint density at radius 3 is 2.14 bits per heavy atom. The van der Waals surface area contributed by atoms with Crippen molar-refractivity contribution in [1.82, 2.24) is 0 Å². The summed E-state index contributed by atoms with van der Waals surface area (Å²) in [6.45, 7) is 0. The fourth-order valence-electron chi connectivity index (χ4n) is 2.12. The first-order valence-electron chi connectivity index (χ1n) is 7.86. The van der Waals surface area contributed by atoms with Crippen LogP contribution in [0.4, 0.5) is 28.0 Å². The molecule has 0 radical (unpaired) electrons. The molecule has 156 valence electrons. The number of carbonyl (C=O) groups is 1. The van der Waals surface area contributed by atoms with Gasteiger partial charge in [-0.05, 0) is 36.4 Å². The zero-order valence-electron chi connectivity index (χ0n) is 15.0. The van der Waals surface area contributed by atoms with Crippen LogP contribution in [-0.2, 0) is 4.74 Å². The average molecular weight is 453 g/mol. The summed E-state index contributed by atoms with van der Waals surface area (Å²) in [5.41, 5.74) is -0.369. The molecule has 0 atom stereocenters. The van der Waals surface area contributed by atoms with Crippen molar-refractivity contribution in [2.24, 2.45) is 4.99 Å². The van der Waals surface area contributed by atoms with Crippen LogP contribution < -0.4 is 9.64 Å². The van der Waals surface area contributed by atoms with Crippen LogP contribution in [-0.4, -0.2) is 37.0 Å². The Labute approximate surface area is 173 Å². The van der Waals surface area contributed by atoms with Gasteiger partial charge in [0.05, 0.1) is 7.11 Å². The second-order valence-corrected chi connectivity index (χ2v) is 6.61. The van der Waals surface area contributed by atoms with Crippen LogP contribution >= 0.6 is 23.2 Å². The number of alkyl halides is 4. The van der Waals surface area contributed by atoms with Gasteiger partial charge < -0.3 is 9.47 Å². The molecule has 0 fully saturated rings. The highest BCUT2D eigenvalue weighted by Gasteiger charge is 2.40. The van der Waals surface area contributed by atoms with Gasteiger partial charge in [-0.15, -0.1) is 0 Å². The second-order valence-electron chi connectivity index (χ2n) is 5.52. The van der Waals surface area contributed by atoms with E-state index in [2.05, 4.69) is 9.73 Å². The number of aliphatic imine (C=N–C) groups is 1. The van der Waals surface area contributed by atoms with Crippen molar-refractivity contribution in [1.29, 1.82) is 0 Å². The third kappa shape index (κ3) is 5.51. The summed E-state index contributed by atoms with van der Waals surface area (Å²) in [5.74, 6) is -2.73. The maximum absolute atomic E-state index is 13.9. The number of carbonyl (C=O) groups excluding carboxylic acids is 1. The Kier molecular flexibility index (Phi) is 7.32. The van der Waals surface area contributed by atoms with Crippen molar-refractivity contribution in [3.63, 3.8) is 0 Å². The van der Waals surface area contributed by atoms with Gasteiger partial charge in [-0.3, -0.25) is 4.90 Å². The number of amides is 2. The molecular formula is C18H14Cl2F4N2O3. The molecule has 0 saturated heterocycles. The lowest BCUT2D eigenvalue weighted by Crippen LogP contribution is -2.32. The summed E-state index contributed by atoms with van der Waals surface area (Å²) < 4.78 is 63.8. The molecule has 0 spiro atoms. The average Bonchev–Trinajstić information content (AvgIpc) is 2.66. The molecule has 5 nitrogen and oxygen atoms in total. The van der Waals surface area contributed by atoms with E-state index in [4.69, 9.17) is 27.9 Å². The summed E-state index contributed by atoms with van der Waals surface area (Å²) in [6, 6.07) is 7.08. The number of nitrogens with zero attached hydrogens (tertiary/aromatic N) is 2. The van der Waals surface area contributed by atoms with E-state index < -0.39 is 40.1 Å². The zero-order valence-corrected chi connectivity index (χ0v) is 16.5. The first kappa shape index (κ1) is 22.8. The van der Waals surface area contributed by atoms with Gasteiger partial charge in [0, 0.05) is 12.7 Å². The number of halogens is 6. The number of hydrogen-bond acceptors (Lipinski definition) is 3. The van der Waals surface area contributed by atoms with Crippen LogP contribution in [0.1, 0.15) is 5.56 Å². The van der Waals surface area contributed by atoms with Gasteiger partial charge >= 0.3 is 12.1 Å². The maximum atomic E-state index is 13.9. The summed E-state index contributed by atoms with van der Waals surface area (Å²) in [4.78, 5) is 14.9. The van der Waals surface area contributed by atoms with Crippen molar-refractivity contribution in [3.8, 4) is 5.75 Å². The van der Waals surface area contributed by atoms with Crippen LogP contribution in [0, 0.1) is 11.6 Å². The predicted molar refractivity (Wildman–Crippen MR) is 101 cm³/mol. The fourth-order valence-corrected chi connectivity index (χ4v) is 2.21. The standard InChI is InChI=1S/C18H14Cl2F4N2O3/c1-26(10-6-8-11(9-7-10)29-18(23,24)16(19)20)17(27)25-15(28-2)14-12(21)4-3-5-13(14)22/h3-9,16H,1-2H3/b25-15-. The van der Waals surface area contributed by atoms with Crippen molar-refractivity contribution in [2.45, 2.75) is 10.9 Å². The largest absolute Gasteiger partial charge is 0.480 e.